The van der Waals surface area contributed by atoms with Crippen LogP contribution < -0.4 is 9.62 Å². The number of carbonyl (C=O) groups excluding carboxylic acids is 2. The summed E-state index contributed by atoms with van der Waals surface area (Å²) in [6, 6.07) is 18.3. The molecular formula is C28H31ClN4O6S. The van der Waals surface area contributed by atoms with Gasteiger partial charge in [-0.05, 0) is 42.7 Å². The molecule has 0 spiro atoms. The van der Waals surface area contributed by atoms with Crippen LogP contribution in [-0.2, 0) is 26.2 Å². The van der Waals surface area contributed by atoms with Crippen LogP contribution in [0.1, 0.15) is 26.3 Å². The second kappa shape index (κ2) is 13.4. The van der Waals surface area contributed by atoms with Gasteiger partial charge < -0.3 is 10.2 Å². The number of hydrogen-bond donors (Lipinski definition) is 1. The van der Waals surface area contributed by atoms with Crippen molar-refractivity contribution < 1.29 is 22.9 Å². The lowest BCUT2D eigenvalue weighted by atomic mass is 10.1. The molecule has 12 heteroatoms. The minimum Gasteiger partial charge on any atom is -0.354 e. The summed E-state index contributed by atoms with van der Waals surface area (Å²) in [5, 5.41) is 14.6. The third-order valence-corrected chi connectivity index (χ3v) is 8.25. The Balaban J connectivity index is 2.05. The van der Waals surface area contributed by atoms with E-state index < -0.39 is 39.3 Å². The van der Waals surface area contributed by atoms with Crippen molar-refractivity contribution in [2.45, 2.75) is 38.3 Å². The van der Waals surface area contributed by atoms with E-state index >= 15 is 0 Å². The average molecular weight is 587 g/mol. The maximum Gasteiger partial charge on any atom is 0.271 e. The van der Waals surface area contributed by atoms with Crippen LogP contribution in [0.15, 0.2) is 83.8 Å². The van der Waals surface area contributed by atoms with Gasteiger partial charge in [0.05, 0.1) is 15.5 Å². The van der Waals surface area contributed by atoms with Gasteiger partial charge in [-0.3, -0.25) is 24.0 Å². The maximum atomic E-state index is 13.9. The molecule has 0 radical (unpaired) electrons. The minimum absolute atomic E-state index is 0.0665. The van der Waals surface area contributed by atoms with Crippen molar-refractivity contribution in [1.82, 2.24) is 10.2 Å². The summed E-state index contributed by atoms with van der Waals surface area (Å²) in [4.78, 5) is 38.8. The lowest BCUT2D eigenvalue weighted by Crippen LogP contribution is -2.51. The predicted octanol–water partition coefficient (Wildman–Crippen LogP) is 4.63. The van der Waals surface area contributed by atoms with Crippen molar-refractivity contribution in [1.29, 1.82) is 0 Å². The summed E-state index contributed by atoms with van der Waals surface area (Å²) >= 11 is 6.35. The summed E-state index contributed by atoms with van der Waals surface area (Å²) in [7, 11) is -4.34. The molecule has 1 N–H and O–H groups in total. The van der Waals surface area contributed by atoms with Gasteiger partial charge in [0.2, 0.25) is 11.8 Å². The number of nitro groups is 1. The lowest BCUT2D eigenvalue weighted by Gasteiger charge is -2.32. The molecule has 0 aliphatic carbocycles. The molecule has 0 fully saturated rings. The fourth-order valence-electron chi connectivity index (χ4n) is 3.86. The molecular weight excluding hydrogens is 556 g/mol. The molecule has 0 aromatic heterocycles. The highest BCUT2D eigenvalue weighted by Crippen LogP contribution is 2.28. The topological polar surface area (TPSA) is 130 Å². The van der Waals surface area contributed by atoms with E-state index in [-0.39, 0.29) is 28.7 Å². The molecule has 0 aliphatic heterocycles. The number of anilines is 1. The number of hydrogen-bond acceptors (Lipinski definition) is 6. The largest absolute Gasteiger partial charge is 0.354 e. The van der Waals surface area contributed by atoms with Crippen LogP contribution >= 0.6 is 11.6 Å². The molecule has 0 heterocycles. The molecule has 2 amide bonds. The Hall–Kier alpha value is -3.96. The van der Waals surface area contributed by atoms with Crippen LogP contribution in [0.2, 0.25) is 5.02 Å². The molecule has 0 saturated carbocycles. The van der Waals surface area contributed by atoms with E-state index in [2.05, 4.69) is 5.32 Å². The van der Waals surface area contributed by atoms with Crippen molar-refractivity contribution in [3.05, 3.63) is 99.6 Å². The Bertz CT molecular complexity index is 1470. The Morgan fingerprint density at radius 1 is 0.975 bits per heavy atom. The van der Waals surface area contributed by atoms with Crippen LogP contribution in [0.25, 0.3) is 0 Å². The fraction of sp³-hybridized carbons (Fsp3) is 0.286. The number of rotatable bonds is 12. The summed E-state index contributed by atoms with van der Waals surface area (Å²) < 4.78 is 28.3. The highest BCUT2D eigenvalue weighted by molar-refractivity contribution is 7.92. The zero-order chi connectivity index (χ0) is 29.4. The molecule has 40 heavy (non-hydrogen) atoms. The van der Waals surface area contributed by atoms with Gasteiger partial charge in [-0.1, -0.05) is 67.9 Å². The van der Waals surface area contributed by atoms with Gasteiger partial charge in [-0.25, -0.2) is 8.42 Å². The van der Waals surface area contributed by atoms with Crippen LogP contribution in [0.4, 0.5) is 11.4 Å². The number of nitro benzene ring substituents is 1. The standard InChI is InChI=1S/C28H31ClN4O6S/c1-20(2)17-30-28(35)21(3)31(18-22-10-7-8-15-26(22)29)27(34)19-32(23-11-9-12-24(16-23)33(36)37)40(38,39)25-13-5-4-6-14-25/h4-16,20-21H,17-19H2,1-3H3,(H,30,35)/t21-/m1/s1. The van der Waals surface area contributed by atoms with E-state index in [0.717, 1.165) is 10.4 Å². The first-order valence-corrected chi connectivity index (χ1v) is 14.4. The van der Waals surface area contributed by atoms with Gasteiger partial charge in [0, 0.05) is 30.2 Å². The highest BCUT2D eigenvalue weighted by atomic mass is 35.5. The van der Waals surface area contributed by atoms with Gasteiger partial charge in [0.15, 0.2) is 0 Å². The summed E-state index contributed by atoms with van der Waals surface area (Å²) in [6.07, 6.45) is 0. The number of carbonyl (C=O) groups is 2. The quantitative estimate of drug-likeness (QED) is 0.243. The van der Waals surface area contributed by atoms with Crippen molar-refractivity contribution in [2.24, 2.45) is 5.92 Å². The number of non-ortho nitro benzene ring substituents is 1. The fourth-order valence-corrected chi connectivity index (χ4v) is 5.48. The lowest BCUT2D eigenvalue weighted by molar-refractivity contribution is -0.384. The average Bonchev–Trinajstić information content (AvgIpc) is 2.94. The van der Waals surface area contributed by atoms with E-state index in [1.54, 1.807) is 37.3 Å². The molecule has 0 bridgehead atoms. The first-order valence-electron chi connectivity index (χ1n) is 12.5. The van der Waals surface area contributed by atoms with Gasteiger partial charge in [-0.2, -0.15) is 0 Å². The predicted molar refractivity (Wildman–Crippen MR) is 153 cm³/mol. The first kappa shape index (κ1) is 30.6. The number of benzene rings is 3. The number of halogens is 1. The number of nitrogens with one attached hydrogen (secondary N) is 1. The SMILES string of the molecule is CC(C)CNC(=O)[C@@H](C)N(Cc1ccccc1Cl)C(=O)CN(c1cccc([N+](=O)[O-])c1)S(=O)(=O)c1ccccc1. The second-order valence-corrected chi connectivity index (χ2v) is 11.8. The van der Waals surface area contributed by atoms with Crippen molar-refractivity contribution in [2.75, 3.05) is 17.4 Å². The molecule has 3 rings (SSSR count). The Morgan fingerprint density at radius 2 is 1.62 bits per heavy atom. The molecule has 3 aromatic carbocycles. The van der Waals surface area contributed by atoms with Crippen LogP contribution in [0, 0.1) is 16.0 Å². The molecule has 0 saturated heterocycles. The third kappa shape index (κ3) is 7.57. The van der Waals surface area contributed by atoms with Crippen LogP contribution in [0.5, 0.6) is 0 Å². The van der Waals surface area contributed by atoms with Gasteiger partial charge in [0.1, 0.15) is 12.6 Å². The number of nitrogens with zero attached hydrogens (tertiary/aromatic N) is 3. The van der Waals surface area contributed by atoms with E-state index in [0.29, 0.717) is 17.1 Å². The van der Waals surface area contributed by atoms with Gasteiger partial charge >= 0.3 is 0 Å². The van der Waals surface area contributed by atoms with Crippen molar-refractivity contribution in [3.8, 4) is 0 Å². The number of sulfonamides is 1. The molecule has 0 unspecified atom stereocenters. The zero-order valence-corrected chi connectivity index (χ0v) is 23.9. The third-order valence-electron chi connectivity index (χ3n) is 6.09. The first-order chi connectivity index (χ1) is 18.9. The minimum atomic E-state index is -4.34. The normalized spacial score (nSPS) is 12.0. The van der Waals surface area contributed by atoms with Crippen molar-refractivity contribution in [3.63, 3.8) is 0 Å². The second-order valence-electron chi connectivity index (χ2n) is 9.53. The van der Waals surface area contributed by atoms with Crippen LogP contribution in [0.3, 0.4) is 0 Å². The van der Waals surface area contributed by atoms with E-state index in [1.807, 2.05) is 13.8 Å². The van der Waals surface area contributed by atoms with Gasteiger partial charge in [-0.15, -0.1) is 0 Å². The van der Waals surface area contributed by atoms with Crippen molar-refractivity contribution >= 4 is 44.8 Å². The molecule has 10 nitrogen and oxygen atoms in total. The van der Waals surface area contributed by atoms with Crippen LogP contribution in [-0.4, -0.2) is 49.2 Å². The highest BCUT2D eigenvalue weighted by Gasteiger charge is 2.33. The monoisotopic (exact) mass is 586 g/mol. The molecule has 212 valence electrons. The molecule has 1 atom stereocenters. The number of amides is 2. The van der Waals surface area contributed by atoms with E-state index in [4.69, 9.17) is 11.6 Å². The Labute approximate surface area is 238 Å². The van der Waals surface area contributed by atoms with Gasteiger partial charge in [0.25, 0.3) is 15.7 Å². The van der Waals surface area contributed by atoms with E-state index in [9.17, 15) is 28.1 Å². The smallest absolute Gasteiger partial charge is 0.271 e. The summed E-state index contributed by atoms with van der Waals surface area (Å²) in [5.41, 5.74) is 0.155. The zero-order valence-electron chi connectivity index (χ0n) is 22.4. The Kier molecular flexibility index (Phi) is 10.2. The molecule has 3 aromatic rings. The van der Waals surface area contributed by atoms with E-state index in [1.165, 1.54) is 47.4 Å². The maximum absolute atomic E-state index is 13.9. The molecule has 0 aliphatic rings. The Morgan fingerprint density at radius 3 is 2.25 bits per heavy atom. The summed E-state index contributed by atoms with van der Waals surface area (Å²) in [5.74, 6) is -0.940. The summed E-state index contributed by atoms with van der Waals surface area (Å²) in [6.45, 7) is 5.02.